The van der Waals surface area contributed by atoms with Crippen LogP contribution >= 0.6 is 21.6 Å². The van der Waals surface area contributed by atoms with Gasteiger partial charge in [0.2, 0.25) is 0 Å². The normalized spacial score (nSPS) is 15.6. The minimum atomic E-state index is -4.54. The van der Waals surface area contributed by atoms with E-state index in [4.69, 9.17) is 41.0 Å². The van der Waals surface area contributed by atoms with Gasteiger partial charge in [0.1, 0.15) is 24.2 Å². The van der Waals surface area contributed by atoms with Crippen molar-refractivity contribution in [2.24, 2.45) is 0 Å². The number of para-hydroxylation sites is 2. The first-order valence-corrected chi connectivity index (χ1v) is 34.5. The van der Waals surface area contributed by atoms with E-state index >= 15 is 0 Å². The maximum Gasteiger partial charge on any atom is 1.00 e. The number of carbonyl (C=O) groups is 3. The first-order chi connectivity index (χ1) is 41.8. The van der Waals surface area contributed by atoms with E-state index in [1.807, 2.05) is 99.0 Å². The van der Waals surface area contributed by atoms with Crippen molar-refractivity contribution in [1.29, 1.82) is 0 Å². The topological polar surface area (TPSA) is 222 Å². The van der Waals surface area contributed by atoms with Gasteiger partial charge in [-0.15, -0.1) is 12.6 Å². The molecule has 0 saturated carbocycles. The van der Waals surface area contributed by atoms with Gasteiger partial charge in [-0.25, -0.2) is 0 Å². The van der Waals surface area contributed by atoms with Gasteiger partial charge in [0, 0.05) is 71.4 Å². The van der Waals surface area contributed by atoms with Crippen molar-refractivity contribution in [3.05, 3.63) is 147 Å². The minimum absolute atomic E-state index is 0. The quantitative estimate of drug-likeness (QED) is 0.0172. The van der Waals surface area contributed by atoms with Crippen LogP contribution in [-0.2, 0) is 78.6 Å². The number of nitrogens with zero attached hydrogens (tertiary/aromatic N) is 3. The Labute approximate surface area is 552 Å². The third kappa shape index (κ3) is 19.8. The number of ether oxygens (including phenoxy) is 6. The molecule has 1 N–H and O–H groups in total. The number of aryl methyl sites for hydroxylation is 2. The van der Waals surface area contributed by atoms with E-state index in [1.54, 1.807) is 38.0 Å². The maximum atomic E-state index is 14.3. The van der Waals surface area contributed by atoms with Crippen LogP contribution in [0, 0.1) is 13.3 Å². The summed E-state index contributed by atoms with van der Waals surface area (Å²) in [6.45, 7) is 19.3. The Bertz CT molecular complexity index is 3380. The van der Waals surface area contributed by atoms with Crippen molar-refractivity contribution >= 4 is 77.0 Å². The van der Waals surface area contributed by atoms with Gasteiger partial charge in [0.05, 0.1) is 40.1 Å². The number of ketones is 1. The maximum absolute atomic E-state index is 14.3. The van der Waals surface area contributed by atoms with Gasteiger partial charge >= 0.3 is 40.2 Å². The molecule has 88 heavy (non-hydrogen) atoms. The fraction of sp³-hybridized carbons (Fsp3) is 0.477. The van der Waals surface area contributed by atoms with E-state index in [0.29, 0.717) is 86.7 Å². The van der Waals surface area contributed by atoms with Crippen LogP contribution < -0.4 is 58.5 Å². The summed E-state index contributed by atoms with van der Waals surface area (Å²) in [5.41, 5.74) is 10.9. The predicted molar refractivity (Wildman–Crippen MR) is 345 cm³/mol. The van der Waals surface area contributed by atoms with Gasteiger partial charge in [0.25, 0.3) is 21.9 Å². The summed E-state index contributed by atoms with van der Waals surface area (Å²) < 4.78 is 95.3. The number of carbonyl (C=O) groups excluding carboxylic acids is 3. The molecule has 9 rings (SSSR count). The molecule has 4 aliphatic heterocycles. The molecule has 23 heteroatoms. The molecule has 1 unspecified atom stereocenters. The SMILES string of the molecule is CC.CC.CCC(=O)C(CCSSC(C)(C)CN(CCOCCOCCOC)c1cc(COc2cc3c(cc2C)C(=O)N2c4ccccc4C[C@H]2CC3)cc(COc2cc3c(cc2OC)C(=O)N2c4ccccc4C[C@H]2[CH-]C3)c1)S(=O)(=O)O.O=S(=O)=O.[Na+]. The molecule has 474 valence electrons. The van der Waals surface area contributed by atoms with Gasteiger partial charge in [-0.1, -0.05) is 104 Å². The standard InChI is InChI=1S/C61H72N3O12S3.2C2H6.Na.O3S/c1-7-54(65)58(79(68,69)70)20-27-77-78-61(3,4)39-62(21-22-73-25-26-74-24-23-71-5)49-30-41(37-75-55-34-43-16-18-47-32-45-12-8-10-14-52(45)63(47)59(66)50(43)28-40(55)2)29-42(31-49)38-76-57-35-44-17-19-48-33-46-13-9-11-15-53(46)64(48)60(67)51(44)36-56(57)72-6;2*1-2;;1-4(2)3/h8-15,19,28-31,34-36,47-48,58H,7,16-18,20-27,32-33,37-39H2,1-6H3,(H,68,69,70);2*1-2H3;;/q-1;;;+1;/t47-,48-,58?;;;;/m1..../s1. The molecule has 0 fully saturated rings. The molecule has 2 amide bonds. The number of fused-ring (bicyclic) bond motifs is 8. The van der Waals surface area contributed by atoms with E-state index < -0.39 is 36.5 Å². The van der Waals surface area contributed by atoms with Crippen LogP contribution in [0.15, 0.2) is 91.0 Å². The number of rotatable bonds is 27. The molecule has 0 aliphatic carbocycles. The summed E-state index contributed by atoms with van der Waals surface area (Å²) in [6, 6.07) is 30.3. The average Bonchev–Trinajstić information content (AvgIpc) is 1.77. The van der Waals surface area contributed by atoms with Crippen LogP contribution in [0.2, 0.25) is 0 Å². The first kappa shape index (κ1) is 73.8. The molecule has 0 spiro atoms. The van der Waals surface area contributed by atoms with Crippen LogP contribution in [0.1, 0.15) is 127 Å². The van der Waals surface area contributed by atoms with Gasteiger partial charge < -0.3 is 49.5 Å². The molecule has 0 aromatic heterocycles. The zero-order chi connectivity index (χ0) is 63.4. The Balaban J connectivity index is 0.00000149. The number of hydrogen-bond acceptors (Lipinski definition) is 17. The Hall–Kier alpha value is -4.98. The fourth-order valence-corrected chi connectivity index (χ4v) is 14.8. The summed E-state index contributed by atoms with van der Waals surface area (Å²) in [6.07, 6.45) is 5.99. The molecule has 0 saturated heterocycles. The number of methoxy groups -OCH3 is 2. The Morgan fingerprint density at radius 2 is 1.33 bits per heavy atom. The smallest absolute Gasteiger partial charge is 0.493 e. The number of amides is 2. The number of benzene rings is 5. The summed E-state index contributed by atoms with van der Waals surface area (Å²) in [7, 11) is -1.39. The molecule has 3 atom stereocenters. The van der Waals surface area contributed by atoms with Gasteiger partial charge in [-0.2, -0.15) is 14.8 Å². The second kappa shape index (κ2) is 35.6. The van der Waals surface area contributed by atoms with Crippen molar-refractivity contribution in [3.63, 3.8) is 0 Å². The second-order valence-corrected chi connectivity index (χ2v) is 26.5. The van der Waals surface area contributed by atoms with Gasteiger partial charge in [-0.3, -0.25) is 18.9 Å². The molecule has 18 nitrogen and oxygen atoms in total. The summed E-state index contributed by atoms with van der Waals surface area (Å²) in [5.74, 6) is 1.43. The van der Waals surface area contributed by atoms with E-state index in [2.05, 4.69) is 55.5 Å². The van der Waals surface area contributed by atoms with Crippen LogP contribution in [0.5, 0.6) is 17.2 Å². The molecule has 5 aromatic rings. The van der Waals surface area contributed by atoms with Crippen molar-refractivity contribution < 1.29 is 98.0 Å². The Morgan fingerprint density at radius 3 is 1.95 bits per heavy atom. The van der Waals surface area contributed by atoms with Crippen molar-refractivity contribution in [2.75, 3.05) is 80.8 Å². The van der Waals surface area contributed by atoms with Gasteiger partial charge in [-0.05, 0) is 141 Å². The zero-order valence-corrected chi connectivity index (χ0v) is 57.9. The van der Waals surface area contributed by atoms with Crippen molar-refractivity contribution in [3.8, 4) is 17.2 Å². The first-order valence-electron chi connectivity index (χ1n) is 29.6. The number of anilines is 3. The third-order valence-corrected chi connectivity index (χ3v) is 19.5. The minimum Gasteiger partial charge on any atom is -0.493 e. The van der Waals surface area contributed by atoms with Crippen LogP contribution in [0.25, 0.3) is 0 Å². The molecule has 5 aromatic carbocycles. The number of Topliss-reactive ketones (excluding diaryl/α,β-unsaturated/α-hetero) is 1. The number of hydrogen-bond donors (Lipinski definition) is 1. The summed E-state index contributed by atoms with van der Waals surface area (Å²) in [5, 5.41) is -1.46. The molecular formula is C65H84N3NaO15S4. The Morgan fingerprint density at radius 1 is 0.761 bits per heavy atom. The molecule has 4 heterocycles. The zero-order valence-electron chi connectivity index (χ0n) is 52.6. The van der Waals surface area contributed by atoms with E-state index in [0.717, 1.165) is 76.1 Å². The van der Waals surface area contributed by atoms with E-state index in [9.17, 15) is 27.4 Å². The van der Waals surface area contributed by atoms with Crippen molar-refractivity contribution in [1.82, 2.24) is 0 Å². The average molecular weight is 1300 g/mol. The summed E-state index contributed by atoms with van der Waals surface area (Å²) >= 11 is 0. The van der Waals surface area contributed by atoms with Crippen LogP contribution in [0.3, 0.4) is 0 Å². The van der Waals surface area contributed by atoms with Gasteiger partial charge in [0.15, 0.2) is 17.3 Å². The van der Waals surface area contributed by atoms with E-state index in [-0.39, 0.29) is 79.5 Å². The van der Waals surface area contributed by atoms with Crippen LogP contribution in [0.4, 0.5) is 17.1 Å². The van der Waals surface area contributed by atoms with Crippen LogP contribution in [-0.4, -0.2) is 131 Å². The molecule has 4 aliphatic rings. The summed E-state index contributed by atoms with van der Waals surface area (Å²) in [4.78, 5) is 47.2. The Kier molecular flexibility index (Phi) is 29.8. The second-order valence-electron chi connectivity index (χ2n) is 21.4. The molecule has 0 bridgehead atoms. The monoisotopic (exact) mass is 1300 g/mol. The molecule has 0 radical (unpaired) electrons. The predicted octanol–water partition coefficient (Wildman–Crippen LogP) is 8.34. The van der Waals surface area contributed by atoms with E-state index in [1.165, 1.54) is 16.4 Å². The third-order valence-electron chi connectivity index (χ3n) is 15.0. The van der Waals surface area contributed by atoms with Crippen molar-refractivity contribution in [2.45, 2.75) is 136 Å². The fourth-order valence-electron chi connectivity index (χ4n) is 11.1. The largest absolute Gasteiger partial charge is 1.00 e. The molecular weight excluding hydrogens is 1210 g/mol.